The highest BCUT2D eigenvalue weighted by Crippen LogP contribution is 2.38. The largest absolute Gasteiger partial charge is 0.449 e. The van der Waals surface area contributed by atoms with Gasteiger partial charge in [-0.05, 0) is 25.7 Å². The Morgan fingerprint density at radius 1 is 0.633 bits per heavy atom. The van der Waals surface area contributed by atoms with Gasteiger partial charge in [-0.3, -0.25) is 0 Å². The van der Waals surface area contributed by atoms with Crippen LogP contribution in [-0.2, 0) is 19.1 Å². The molecule has 2 saturated carbocycles. The van der Waals surface area contributed by atoms with Crippen molar-refractivity contribution in [3.63, 3.8) is 0 Å². The number of alkyl halides is 6. The predicted molar refractivity (Wildman–Crippen MR) is 94.2 cm³/mol. The van der Waals surface area contributed by atoms with Crippen molar-refractivity contribution < 1.29 is 45.4 Å². The standard InChI is InChI=1S/C20H26F6O4/c21-19(22,23)17(13-7-3-1-4-8-13)29-15(27)11-12-16(28)30-18(20(24,25)26)14-9-5-2-6-10-14/h11-14,17-18H,1-10H2/b12-11+. The van der Waals surface area contributed by atoms with Crippen molar-refractivity contribution in [1.82, 2.24) is 0 Å². The normalized spacial score (nSPS) is 21.9. The molecule has 0 aromatic rings. The lowest BCUT2D eigenvalue weighted by Crippen LogP contribution is -2.41. The van der Waals surface area contributed by atoms with E-state index < -0.39 is 48.3 Å². The zero-order valence-electron chi connectivity index (χ0n) is 16.4. The fraction of sp³-hybridized carbons (Fsp3) is 0.800. The molecule has 0 amide bonds. The van der Waals surface area contributed by atoms with E-state index in [1.807, 2.05) is 0 Å². The van der Waals surface area contributed by atoms with Crippen molar-refractivity contribution in [3.8, 4) is 0 Å². The second kappa shape index (κ2) is 10.5. The summed E-state index contributed by atoms with van der Waals surface area (Å²) in [5.74, 6) is -4.63. The minimum absolute atomic E-state index is 0.262. The van der Waals surface area contributed by atoms with Gasteiger partial charge in [-0.15, -0.1) is 0 Å². The second-order valence-corrected chi connectivity index (χ2v) is 7.93. The van der Waals surface area contributed by atoms with Crippen LogP contribution >= 0.6 is 0 Å². The summed E-state index contributed by atoms with van der Waals surface area (Å²) in [7, 11) is 0. The van der Waals surface area contributed by atoms with E-state index in [1.165, 1.54) is 0 Å². The Labute approximate surface area is 171 Å². The van der Waals surface area contributed by atoms with Crippen LogP contribution in [-0.4, -0.2) is 36.5 Å². The number of rotatable bonds is 6. The van der Waals surface area contributed by atoms with Crippen molar-refractivity contribution in [2.45, 2.75) is 88.8 Å². The number of carbonyl (C=O) groups excluding carboxylic acids is 2. The van der Waals surface area contributed by atoms with E-state index in [0.29, 0.717) is 37.8 Å². The van der Waals surface area contributed by atoms with Crippen LogP contribution in [0.3, 0.4) is 0 Å². The molecule has 30 heavy (non-hydrogen) atoms. The molecule has 2 fully saturated rings. The molecule has 172 valence electrons. The molecular weight excluding hydrogens is 418 g/mol. The van der Waals surface area contributed by atoms with E-state index in [2.05, 4.69) is 9.47 Å². The monoisotopic (exact) mass is 444 g/mol. The third kappa shape index (κ3) is 7.50. The lowest BCUT2D eigenvalue weighted by Gasteiger charge is -2.31. The van der Waals surface area contributed by atoms with Gasteiger partial charge in [0, 0.05) is 24.0 Å². The van der Waals surface area contributed by atoms with Gasteiger partial charge in [0.2, 0.25) is 0 Å². The quantitative estimate of drug-likeness (QED) is 0.302. The molecule has 0 N–H and O–H groups in total. The Morgan fingerprint density at radius 3 is 1.20 bits per heavy atom. The lowest BCUT2D eigenvalue weighted by molar-refractivity contribution is -0.235. The molecule has 10 heteroatoms. The fourth-order valence-corrected chi connectivity index (χ4v) is 4.20. The molecule has 0 radical (unpaired) electrons. The Kier molecular flexibility index (Phi) is 8.61. The van der Waals surface area contributed by atoms with Crippen molar-refractivity contribution in [2.75, 3.05) is 0 Å². The smallest absolute Gasteiger partial charge is 0.425 e. The zero-order valence-corrected chi connectivity index (χ0v) is 16.4. The highest BCUT2D eigenvalue weighted by molar-refractivity contribution is 5.91. The first-order chi connectivity index (χ1) is 14.0. The number of carbonyl (C=O) groups is 2. The summed E-state index contributed by atoms with van der Waals surface area (Å²) in [5, 5.41) is 0. The number of hydrogen-bond acceptors (Lipinski definition) is 4. The van der Waals surface area contributed by atoms with Gasteiger partial charge in [0.15, 0.2) is 12.2 Å². The van der Waals surface area contributed by atoms with E-state index in [0.717, 1.165) is 12.8 Å². The summed E-state index contributed by atoms with van der Waals surface area (Å²) in [6.07, 6.45) is -8.34. The summed E-state index contributed by atoms with van der Waals surface area (Å²) >= 11 is 0. The third-order valence-electron chi connectivity index (χ3n) is 5.64. The molecule has 2 aliphatic rings. The second-order valence-electron chi connectivity index (χ2n) is 7.93. The molecule has 0 aliphatic heterocycles. The maximum Gasteiger partial charge on any atom is 0.425 e. The van der Waals surface area contributed by atoms with Crippen LogP contribution in [0.5, 0.6) is 0 Å². The minimum atomic E-state index is -4.77. The van der Waals surface area contributed by atoms with Crippen LogP contribution < -0.4 is 0 Å². The maximum absolute atomic E-state index is 13.3. The van der Waals surface area contributed by atoms with Gasteiger partial charge in [0.25, 0.3) is 0 Å². The molecule has 2 aliphatic carbocycles. The van der Waals surface area contributed by atoms with Gasteiger partial charge >= 0.3 is 24.3 Å². The SMILES string of the molecule is O=C(/C=C/C(=O)OC(C1CCCCC1)C(F)(F)F)OC(C1CCCCC1)C(F)(F)F. The summed E-state index contributed by atoms with van der Waals surface area (Å²) < 4.78 is 88.6. The number of halogens is 6. The predicted octanol–water partition coefficient (Wildman–Crippen LogP) is 5.65. The number of esters is 2. The van der Waals surface area contributed by atoms with E-state index in [1.54, 1.807) is 0 Å². The van der Waals surface area contributed by atoms with Gasteiger partial charge in [-0.2, -0.15) is 26.3 Å². The van der Waals surface area contributed by atoms with Crippen LogP contribution in [0.15, 0.2) is 12.2 Å². The van der Waals surface area contributed by atoms with E-state index >= 15 is 0 Å². The molecule has 0 bridgehead atoms. The Morgan fingerprint density at radius 2 is 0.933 bits per heavy atom. The van der Waals surface area contributed by atoms with Gasteiger partial charge in [-0.25, -0.2) is 9.59 Å². The first kappa shape index (κ1) is 24.5. The van der Waals surface area contributed by atoms with Crippen molar-refractivity contribution in [3.05, 3.63) is 12.2 Å². The Hall–Kier alpha value is -1.74. The van der Waals surface area contributed by atoms with Crippen molar-refractivity contribution in [1.29, 1.82) is 0 Å². The first-order valence-electron chi connectivity index (χ1n) is 10.2. The zero-order chi connectivity index (χ0) is 22.4. The summed E-state index contributed by atoms with van der Waals surface area (Å²) in [4.78, 5) is 23.6. The van der Waals surface area contributed by atoms with Crippen molar-refractivity contribution >= 4 is 11.9 Å². The molecule has 2 atom stereocenters. The average molecular weight is 444 g/mol. The van der Waals surface area contributed by atoms with E-state index in [9.17, 15) is 35.9 Å². The van der Waals surface area contributed by atoms with Gasteiger partial charge in [0.1, 0.15) is 0 Å². The fourth-order valence-electron chi connectivity index (χ4n) is 4.20. The van der Waals surface area contributed by atoms with E-state index in [-0.39, 0.29) is 25.7 Å². The molecular formula is C20H26F6O4. The molecule has 0 heterocycles. The highest BCUT2D eigenvalue weighted by atomic mass is 19.4. The van der Waals surface area contributed by atoms with Crippen LogP contribution in [0.25, 0.3) is 0 Å². The third-order valence-corrected chi connectivity index (χ3v) is 5.64. The summed E-state index contributed by atoms with van der Waals surface area (Å²) in [6.45, 7) is 0. The van der Waals surface area contributed by atoms with Gasteiger partial charge in [0.05, 0.1) is 0 Å². The maximum atomic E-state index is 13.3. The molecule has 4 nitrogen and oxygen atoms in total. The lowest BCUT2D eigenvalue weighted by atomic mass is 9.85. The van der Waals surface area contributed by atoms with Crippen LogP contribution in [0.2, 0.25) is 0 Å². The Balaban J connectivity index is 1.96. The Bertz CT molecular complexity index is 549. The van der Waals surface area contributed by atoms with Crippen LogP contribution in [0.1, 0.15) is 64.2 Å². The molecule has 0 saturated heterocycles. The highest BCUT2D eigenvalue weighted by Gasteiger charge is 2.48. The van der Waals surface area contributed by atoms with E-state index in [4.69, 9.17) is 0 Å². The molecule has 0 spiro atoms. The van der Waals surface area contributed by atoms with Crippen LogP contribution in [0, 0.1) is 11.8 Å². The summed E-state index contributed by atoms with van der Waals surface area (Å²) in [6, 6.07) is 0. The van der Waals surface area contributed by atoms with Gasteiger partial charge in [-0.1, -0.05) is 38.5 Å². The van der Waals surface area contributed by atoms with Crippen molar-refractivity contribution in [2.24, 2.45) is 11.8 Å². The first-order valence-corrected chi connectivity index (χ1v) is 10.2. The number of ether oxygens (including phenoxy) is 2. The molecule has 2 rings (SSSR count). The average Bonchev–Trinajstić information content (AvgIpc) is 2.68. The van der Waals surface area contributed by atoms with Crippen LogP contribution in [0.4, 0.5) is 26.3 Å². The summed E-state index contributed by atoms with van der Waals surface area (Å²) in [5.41, 5.74) is 0. The molecule has 0 aromatic heterocycles. The molecule has 2 unspecified atom stereocenters. The topological polar surface area (TPSA) is 52.6 Å². The minimum Gasteiger partial charge on any atom is -0.449 e. The number of hydrogen-bond donors (Lipinski definition) is 0. The molecule has 0 aromatic carbocycles. The van der Waals surface area contributed by atoms with Gasteiger partial charge < -0.3 is 9.47 Å².